The zero-order valence-electron chi connectivity index (χ0n) is 77.8. The van der Waals surface area contributed by atoms with Gasteiger partial charge in [-0.1, -0.05) is 24.3 Å². The Kier molecular flexibility index (Phi) is 18.5. The summed E-state index contributed by atoms with van der Waals surface area (Å²) in [5.41, 5.74) is 60.0. The molecular weight excluding hydrogens is 1630 g/mol. The van der Waals surface area contributed by atoms with Crippen molar-refractivity contribution in [3.63, 3.8) is 0 Å². The number of aromatic nitrogens is 11. The molecule has 12 heteroatoms. The molecular formula is C118H101CuN11. The Balaban J connectivity index is 0.000000116. The quantitative estimate of drug-likeness (QED) is 0.0951. The predicted octanol–water partition coefficient (Wildman–Crippen LogP) is 31.2. The first kappa shape index (κ1) is 81.6. The molecule has 4 aliphatic rings. The normalized spacial score (nSPS) is 12.2. The summed E-state index contributed by atoms with van der Waals surface area (Å²) in [6.07, 6.45) is 0. The molecule has 11 nitrogen and oxygen atoms in total. The number of benzene rings is 12. The molecule has 4 aliphatic heterocycles. The van der Waals surface area contributed by atoms with Crippen LogP contribution >= 0.6 is 0 Å². The number of H-pyrrole nitrogens is 5. The van der Waals surface area contributed by atoms with Gasteiger partial charge in [0.1, 0.15) is 0 Å². The smallest absolute Gasteiger partial charge is 0.657 e. The van der Waals surface area contributed by atoms with Gasteiger partial charge >= 0.3 is 17.1 Å². The van der Waals surface area contributed by atoms with Crippen molar-refractivity contribution in [3.05, 3.63) is 304 Å². The largest absolute Gasteiger partial charge is 2.00 e. The maximum atomic E-state index is 5.35. The SMILES string of the molecule is Cc1cc2[nH]c3c(c2cc1C)c1[nH]c2cc(C)c(C)cc2c1c1[nH]c2cc(C)c(C)cc2c31.Cc1cc2c(cc1C)-c1cc3[n-]c(cc4nc(cc5[n-]c(cc-2n1)c1cc(C)c(C)cc51)-c1cc(C)c(C)cc1-4)c1cc(C)c(C)cc31.Cc1cc2c(cc1C)-c1cc3[nH]c(cc4nc(cc5[nH]c(cc-2n1)c1cc(C)c(C)cc51)-c1cc(C)c(C)cc1-4)c1cc(C)c(C)cc31.[Cu+2]. The van der Waals surface area contributed by atoms with Crippen LogP contribution in [0.4, 0.5) is 0 Å². The van der Waals surface area contributed by atoms with Gasteiger partial charge in [-0.25, -0.2) is 19.9 Å². The van der Waals surface area contributed by atoms with Crippen LogP contribution in [0.5, 0.6) is 0 Å². The van der Waals surface area contributed by atoms with Crippen molar-refractivity contribution in [2.24, 2.45) is 0 Å². The maximum absolute atomic E-state index is 5.35. The fourth-order valence-electron chi connectivity index (χ4n) is 20.6. The van der Waals surface area contributed by atoms with Crippen molar-refractivity contribution in [3.8, 4) is 90.1 Å². The molecule has 12 aromatic carbocycles. The number of nitrogens with one attached hydrogen (secondary N) is 5. The van der Waals surface area contributed by atoms with Crippen LogP contribution in [0.1, 0.15) is 122 Å². The van der Waals surface area contributed by atoms with E-state index in [0.717, 1.165) is 133 Å². The van der Waals surface area contributed by atoms with Crippen LogP contribution in [-0.4, -0.2) is 44.9 Å². The Labute approximate surface area is 765 Å². The van der Waals surface area contributed by atoms with Gasteiger partial charge in [-0.2, -0.15) is 0 Å². The van der Waals surface area contributed by atoms with Crippen LogP contribution < -0.4 is 9.97 Å². The number of hydrogen-bond donors (Lipinski definition) is 5. The van der Waals surface area contributed by atoms with Gasteiger partial charge in [0.2, 0.25) is 0 Å². The zero-order chi connectivity index (χ0) is 89.1. The van der Waals surface area contributed by atoms with E-state index in [-0.39, 0.29) is 17.1 Å². The van der Waals surface area contributed by atoms with E-state index >= 15 is 0 Å². The Morgan fingerprint density at radius 3 is 0.492 bits per heavy atom. The number of aromatic amines is 5. The van der Waals surface area contributed by atoms with Crippen molar-refractivity contribution in [2.75, 3.05) is 0 Å². The summed E-state index contributed by atoms with van der Waals surface area (Å²) in [4.78, 5) is 51.1. The Bertz CT molecular complexity index is 7760. The summed E-state index contributed by atoms with van der Waals surface area (Å²) in [7, 11) is 0. The molecule has 0 saturated carbocycles. The molecule has 13 heterocycles. The molecule has 0 saturated heterocycles. The second-order valence-corrected chi connectivity index (χ2v) is 38.3. The third kappa shape index (κ3) is 12.7. The first-order chi connectivity index (χ1) is 61.8. The summed E-state index contributed by atoms with van der Waals surface area (Å²) in [6, 6.07) is 68.2. The van der Waals surface area contributed by atoms with Gasteiger partial charge < -0.3 is 34.9 Å². The molecule has 0 aliphatic carbocycles. The van der Waals surface area contributed by atoms with E-state index in [2.05, 4.69) is 359 Å². The molecule has 0 amide bonds. The van der Waals surface area contributed by atoms with E-state index in [1.165, 1.54) is 232 Å². The molecule has 0 unspecified atom stereocenters. The summed E-state index contributed by atoms with van der Waals surface area (Å²) < 4.78 is 0. The van der Waals surface area contributed by atoms with Crippen LogP contribution in [0.15, 0.2) is 182 Å². The van der Waals surface area contributed by atoms with Crippen LogP contribution in [0, 0.1) is 152 Å². The topological polar surface area (TPSA) is 159 Å². The molecule has 9 aromatic heterocycles. The van der Waals surface area contributed by atoms with Gasteiger partial charge in [0.25, 0.3) is 0 Å². The van der Waals surface area contributed by atoms with E-state index in [0.29, 0.717) is 0 Å². The van der Waals surface area contributed by atoms with E-state index in [1.54, 1.807) is 0 Å². The van der Waals surface area contributed by atoms with E-state index in [4.69, 9.17) is 29.9 Å². The van der Waals surface area contributed by atoms with Crippen molar-refractivity contribution >= 4 is 153 Å². The molecule has 1 radical (unpaired) electrons. The number of aryl methyl sites for hydroxylation is 22. The van der Waals surface area contributed by atoms with Crippen molar-refractivity contribution in [1.29, 1.82) is 0 Å². The minimum Gasteiger partial charge on any atom is -0.657 e. The summed E-state index contributed by atoms with van der Waals surface area (Å²) in [6.45, 7) is 48.1. The number of nitrogens with zero attached hydrogens (tertiary/aromatic N) is 6. The minimum atomic E-state index is 0. The second kappa shape index (κ2) is 29.4. The number of rotatable bonds is 0. The average molecular weight is 1740 g/mol. The third-order valence-electron chi connectivity index (χ3n) is 29.7. The van der Waals surface area contributed by atoms with Crippen molar-refractivity contribution in [1.82, 2.24) is 54.8 Å². The van der Waals surface area contributed by atoms with Gasteiger partial charge in [0.05, 0.1) is 62.1 Å². The Hall–Kier alpha value is -14.2. The predicted molar refractivity (Wildman–Crippen MR) is 546 cm³/mol. The fraction of sp³-hybridized carbons (Fsp3) is 0.186. The maximum Gasteiger partial charge on any atom is 2.00 e. The fourth-order valence-corrected chi connectivity index (χ4v) is 20.6. The molecule has 0 atom stereocenters. The summed E-state index contributed by atoms with van der Waals surface area (Å²) in [5, 5.41) is 17.1. The van der Waals surface area contributed by atoms with Crippen LogP contribution in [-0.2, 0) is 17.1 Å². The molecule has 16 bridgehead atoms. The molecule has 5 N–H and O–H groups in total. The van der Waals surface area contributed by atoms with Gasteiger partial charge in [-0.15, -0.1) is 22.1 Å². The molecule has 639 valence electrons. The van der Waals surface area contributed by atoms with Gasteiger partial charge in [-0.3, -0.25) is 0 Å². The van der Waals surface area contributed by atoms with Crippen molar-refractivity contribution in [2.45, 2.75) is 152 Å². The number of hydrogen-bond acceptors (Lipinski definition) is 4. The molecule has 130 heavy (non-hydrogen) atoms. The van der Waals surface area contributed by atoms with E-state index < -0.39 is 0 Å². The monoisotopic (exact) mass is 1730 g/mol. The van der Waals surface area contributed by atoms with Crippen molar-refractivity contribution < 1.29 is 17.1 Å². The standard InChI is InChI=1S/C44H38N4.C44H36N4.C30H27N3.Cu/c2*1-21-9-29-30(10-22(21)2)38-18-40-33-13-25(5)26(6)14-34(33)42(47-40)20-44-36-16-28(8)27(7)15-35(36)43(48-44)19-41-32-12-24(4)23(3)11-31(32)39(46-41)17-37(29)45-38;1-13-7-19-22(10-16(13)4)31-28-25(19)29-27(20-8-14(2)17(5)11-23(20)32-29)30-26(28)21-9-15(3)18(6)12-24(21)33-30;/h9-20,45,48H,1-8H3;9-20H,1-8H3;7-12,31-33H,1-6H3;/q;-2;;+2. The first-order valence-electron chi connectivity index (χ1n) is 45.3. The molecule has 25 rings (SSSR count). The Morgan fingerprint density at radius 1 is 0.154 bits per heavy atom. The first-order valence-corrected chi connectivity index (χ1v) is 45.3. The van der Waals surface area contributed by atoms with Gasteiger partial charge in [0, 0.05) is 137 Å². The minimum absolute atomic E-state index is 0. The van der Waals surface area contributed by atoms with Crippen LogP contribution in [0.2, 0.25) is 0 Å². The van der Waals surface area contributed by atoms with Crippen LogP contribution in [0.3, 0.4) is 0 Å². The summed E-state index contributed by atoms with van der Waals surface area (Å²) >= 11 is 0. The van der Waals surface area contributed by atoms with E-state index in [9.17, 15) is 0 Å². The average Bonchev–Trinajstić information content (AvgIpc) is 1.51. The van der Waals surface area contributed by atoms with E-state index in [1.807, 2.05) is 0 Å². The molecule has 0 fully saturated rings. The van der Waals surface area contributed by atoms with Crippen LogP contribution in [0.25, 0.3) is 243 Å². The molecule has 21 aromatic rings. The molecule has 0 spiro atoms. The third-order valence-corrected chi connectivity index (χ3v) is 29.7. The number of fused-ring (bicyclic) bond motifs is 52. The Morgan fingerprint density at radius 2 is 0.300 bits per heavy atom. The van der Waals surface area contributed by atoms with Gasteiger partial charge in [-0.05, 0) is 454 Å². The second-order valence-electron chi connectivity index (χ2n) is 38.3. The van der Waals surface area contributed by atoms with Gasteiger partial charge in [0.15, 0.2) is 0 Å². The zero-order valence-corrected chi connectivity index (χ0v) is 78.7. The summed E-state index contributed by atoms with van der Waals surface area (Å²) in [5.74, 6) is 0.